The molecule has 1 heterocycles. The summed E-state index contributed by atoms with van der Waals surface area (Å²) in [6.07, 6.45) is 0. The fourth-order valence-corrected chi connectivity index (χ4v) is 7.86. The van der Waals surface area contributed by atoms with Crippen molar-refractivity contribution in [3.05, 3.63) is 194 Å². The molecule has 2 nitrogen and oxygen atoms in total. The van der Waals surface area contributed by atoms with Gasteiger partial charge >= 0.3 is 0 Å². The lowest BCUT2D eigenvalue weighted by molar-refractivity contribution is 1.18. The maximum Gasteiger partial charge on any atom is 0.0561 e. The molecule has 0 radical (unpaired) electrons. The number of hydrogen-bond acceptors (Lipinski definition) is 1. The predicted molar refractivity (Wildman–Crippen MR) is 213 cm³/mol. The first kappa shape index (κ1) is 28.4. The molecule has 2 heteroatoms. The van der Waals surface area contributed by atoms with E-state index in [1.807, 2.05) is 0 Å². The number of para-hydroxylation sites is 2. The summed E-state index contributed by atoms with van der Waals surface area (Å²) in [4.78, 5) is 2.44. The van der Waals surface area contributed by atoms with Crippen LogP contribution in [0, 0.1) is 0 Å². The van der Waals surface area contributed by atoms with Gasteiger partial charge in [0.25, 0.3) is 0 Å². The van der Waals surface area contributed by atoms with Crippen molar-refractivity contribution in [2.45, 2.75) is 0 Å². The van der Waals surface area contributed by atoms with Gasteiger partial charge in [0.1, 0.15) is 0 Å². The van der Waals surface area contributed by atoms with Crippen LogP contribution in [0.5, 0.6) is 0 Å². The maximum absolute atomic E-state index is 2.44. The van der Waals surface area contributed by atoms with E-state index in [2.05, 4.69) is 204 Å². The Hall–Kier alpha value is -6.64. The van der Waals surface area contributed by atoms with Crippen LogP contribution in [0.2, 0.25) is 0 Å². The van der Waals surface area contributed by atoms with E-state index in [-0.39, 0.29) is 0 Å². The highest BCUT2D eigenvalue weighted by Crippen LogP contribution is 2.45. The second-order valence-electron chi connectivity index (χ2n) is 13.0. The molecule has 0 bridgehead atoms. The van der Waals surface area contributed by atoms with Gasteiger partial charge in [-0.15, -0.1) is 0 Å². The standard InChI is InChI=1S/C48H32N2/c1-3-13-33(14-4-1)34-25-27-38(28-26-34)49(46-31-36-24-23-35-15-7-8-18-40(35)48(36)44-21-10-9-20-42(44)46)39-29-30-43-41-19-11-12-22-45(41)50(47(43)32-39)37-16-5-2-6-17-37/h1-32H. The van der Waals surface area contributed by atoms with Gasteiger partial charge in [0.2, 0.25) is 0 Å². The molecule has 0 saturated carbocycles. The summed E-state index contributed by atoms with van der Waals surface area (Å²) in [5.41, 5.74) is 9.30. The Labute approximate surface area is 290 Å². The number of hydrogen-bond donors (Lipinski definition) is 0. The smallest absolute Gasteiger partial charge is 0.0561 e. The normalized spacial score (nSPS) is 11.6. The van der Waals surface area contributed by atoms with Crippen LogP contribution in [0.3, 0.4) is 0 Å². The van der Waals surface area contributed by atoms with E-state index in [1.54, 1.807) is 0 Å². The van der Waals surface area contributed by atoms with Crippen LogP contribution >= 0.6 is 0 Å². The van der Waals surface area contributed by atoms with Crippen LogP contribution in [0.1, 0.15) is 0 Å². The molecule has 0 unspecified atom stereocenters. The van der Waals surface area contributed by atoms with Gasteiger partial charge in [-0.2, -0.15) is 0 Å². The Balaban J connectivity index is 1.27. The molecule has 0 aliphatic rings. The number of aromatic nitrogens is 1. The van der Waals surface area contributed by atoms with Crippen molar-refractivity contribution in [1.29, 1.82) is 0 Å². The van der Waals surface area contributed by atoms with Crippen LogP contribution in [0.25, 0.3) is 70.9 Å². The molecule has 10 rings (SSSR count). The highest BCUT2D eigenvalue weighted by molar-refractivity contribution is 6.23. The highest BCUT2D eigenvalue weighted by atomic mass is 15.1. The predicted octanol–water partition coefficient (Wildman–Crippen LogP) is 13.4. The Kier molecular flexibility index (Phi) is 6.53. The summed E-state index contributed by atoms with van der Waals surface area (Å²) in [5, 5.41) is 10.0. The summed E-state index contributed by atoms with van der Waals surface area (Å²) < 4.78 is 2.40. The lowest BCUT2D eigenvalue weighted by Gasteiger charge is -2.28. The largest absolute Gasteiger partial charge is 0.310 e. The highest BCUT2D eigenvalue weighted by Gasteiger charge is 2.21. The Bertz CT molecular complexity index is 2850. The second kappa shape index (κ2) is 11.5. The zero-order valence-corrected chi connectivity index (χ0v) is 27.4. The van der Waals surface area contributed by atoms with Crippen LogP contribution in [0.4, 0.5) is 17.1 Å². The molecule has 0 fully saturated rings. The van der Waals surface area contributed by atoms with Gasteiger partial charge in [0.15, 0.2) is 0 Å². The van der Waals surface area contributed by atoms with E-state index in [0.717, 1.165) is 22.7 Å². The summed E-state index contributed by atoms with van der Waals surface area (Å²) in [7, 11) is 0. The monoisotopic (exact) mass is 636 g/mol. The van der Waals surface area contributed by atoms with E-state index in [4.69, 9.17) is 0 Å². The molecule has 0 aliphatic carbocycles. The number of benzene rings is 9. The van der Waals surface area contributed by atoms with Gasteiger partial charge in [-0.3, -0.25) is 0 Å². The number of rotatable bonds is 5. The van der Waals surface area contributed by atoms with Crippen LogP contribution < -0.4 is 4.90 Å². The molecule has 0 spiro atoms. The van der Waals surface area contributed by atoms with Gasteiger partial charge in [-0.05, 0) is 86.6 Å². The summed E-state index contributed by atoms with van der Waals surface area (Å²) in [6.45, 7) is 0. The molecule has 0 N–H and O–H groups in total. The zero-order valence-electron chi connectivity index (χ0n) is 27.4. The van der Waals surface area contributed by atoms with Crippen molar-refractivity contribution in [2.24, 2.45) is 0 Å². The molecule has 0 amide bonds. The van der Waals surface area contributed by atoms with Gasteiger partial charge in [-0.1, -0.05) is 146 Å². The van der Waals surface area contributed by atoms with E-state index in [0.29, 0.717) is 0 Å². The zero-order chi connectivity index (χ0) is 33.0. The Morgan fingerprint density at radius 3 is 1.72 bits per heavy atom. The fraction of sp³-hybridized carbons (Fsp3) is 0. The summed E-state index contributed by atoms with van der Waals surface area (Å²) in [6, 6.07) is 70.5. The molecule has 234 valence electrons. The molecule has 10 aromatic rings. The van der Waals surface area contributed by atoms with E-state index in [1.165, 1.54) is 65.3 Å². The maximum atomic E-state index is 2.44. The van der Waals surface area contributed by atoms with Gasteiger partial charge in [0, 0.05) is 33.2 Å². The van der Waals surface area contributed by atoms with Gasteiger partial charge in [-0.25, -0.2) is 0 Å². The molecule has 50 heavy (non-hydrogen) atoms. The first-order valence-corrected chi connectivity index (χ1v) is 17.2. The summed E-state index contributed by atoms with van der Waals surface area (Å²) in [5.74, 6) is 0. The van der Waals surface area contributed by atoms with Crippen molar-refractivity contribution in [2.75, 3.05) is 4.90 Å². The van der Waals surface area contributed by atoms with Gasteiger partial charge < -0.3 is 9.47 Å². The minimum atomic E-state index is 1.11. The van der Waals surface area contributed by atoms with Crippen LogP contribution in [-0.4, -0.2) is 4.57 Å². The van der Waals surface area contributed by atoms with Crippen molar-refractivity contribution < 1.29 is 0 Å². The lowest BCUT2D eigenvalue weighted by Crippen LogP contribution is -2.11. The second-order valence-corrected chi connectivity index (χ2v) is 13.0. The third-order valence-electron chi connectivity index (χ3n) is 10.1. The Morgan fingerprint density at radius 2 is 0.920 bits per heavy atom. The molecular weight excluding hydrogens is 605 g/mol. The number of fused-ring (bicyclic) bond motifs is 8. The molecule has 9 aromatic carbocycles. The van der Waals surface area contributed by atoms with Crippen LogP contribution in [-0.2, 0) is 0 Å². The molecule has 0 atom stereocenters. The van der Waals surface area contributed by atoms with E-state index < -0.39 is 0 Å². The molecule has 1 aromatic heterocycles. The third kappa shape index (κ3) is 4.50. The summed E-state index contributed by atoms with van der Waals surface area (Å²) >= 11 is 0. The average molecular weight is 637 g/mol. The van der Waals surface area contributed by atoms with Crippen LogP contribution in [0.15, 0.2) is 194 Å². The topological polar surface area (TPSA) is 8.17 Å². The number of nitrogens with zero attached hydrogens (tertiary/aromatic N) is 2. The fourth-order valence-electron chi connectivity index (χ4n) is 7.86. The number of anilines is 3. The van der Waals surface area contributed by atoms with Gasteiger partial charge in [0.05, 0.1) is 16.7 Å². The van der Waals surface area contributed by atoms with Crippen molar-refractivity contribution in [1.82, 2.24) is 4.57 Å². The first-order valence-electron chi connectivity index (χ1n) is 17.2. The van der Waals surface area contributed by atoms with E-state index in [9.17, 15) is 0 Å². The average Bonchev–Trinajstić information content (AvgIpc) is 3.52. The lowest BCUT2D eigenvalue weighted by atomic mass is 9.94. The molecule has 0 saturated heterocycles. The van der Waals surface area contributed by atoms with Crippen molar-refractivity contribution in [3.8, 4) is 16.8 Å². The molecule has 0 aliphatic heterocycles. The molecular formula is C48H32N2. The minimum Gasteiger partial charge on any atom is -0.310 e. The first-order chi connectivity index (χ1) is 24.8. The van der Waals surface area contributed by atoms with Crippen molar-refractivity contribution >= 4 is 71.2 Å². The quantitative estimate of drug-likeness (QED) is 0.171. The minimum absolute atomic E-state index is 1.11. The van der Waals surface area contributed by atoms with Crippen molar-refractivity contribution in [3.63, 3.8) is 0 Å². The van der Waals surface area contributed by atoms with E-state index >= 15 is 0 Å². The SMILES string of the molecule is c1ccc(-c2ccc(N(c3ccc4c5ccccc5n(-c5ccccc5)c4c3)c3cc4ccc5ccccc5c4c4ccccc34)cc2)cc1. The third-order valence-corrected chi connectivity index (χ3v) is 10.1. The Morgan fingerprint density at radius 1 is 0.340 bits per heavy atom.